The molecule has 2 amide bonds. The van der Waals surface area contributed by atoms with Gasteiger partial charge in [-0.15, -0.1) is 0 Å². The Kier molecular flexibility index (Phi) is 6.87. The van der Waals surface area contributed by atoms with Gasteiger partial charge < -0.3 is 10.6 Å². The van der Waals surface area contributed by atoms with E-state index in [0.717, 1.165) is 16.6 Å². The van der Waals surface area contributed by atoms with Crippen molar-refractivity contribution in [3.8, 4) is 0 Å². The summed E-state index contributed by atoms with van der Waals surface area (Å²) in [4.78, 5) is 25.4. The largest absolute Gasteiger partial charge is 0.347 e. The molecule has 0 aliphatic carbocycles. The summed E-state index contributed by atoms with van der Waals surface area (Å²) in [6.45, 7) is 6.83. The van der Waals surface area contributed by atoms with Crippen LogP contribution < -0.4 is 14.9 Å². The summed E-state index contributed by atoms with van der Waals surface area (Å²) in [5.74, 6) is -1.87. The van der Waals surface area contributed by atoms with Gasteiger partial charge >= 0.3 is 0 Å². The Morgan fingerprint density at radius 3 is 2.17 bits per heavy atom. The number of anilines is 2. The molecule has 2 aromatic rings. The lowest BCUT2D eigenvalue weighted by atomic mass is 10.1. The monoisotopic (exact) mass is 435 g/mol. The number of rotatable bonds is 6. The third-order valence-electron chi connectivity index (χ3n) is 4.10. The summed E-state index contributed by atoms with van der Waals surface area (Å²) in [5.41, 5.74) is -0.274. The van der Waals surface area contributed by atoms with Crippen molar-refractivity contribution in [1.82, 2.24) is 5.32 Å². The van der Waals surface area contributed by atoms with E-state index >= 15 is 0 Å². The standard InChI is InChI=1S/C21H26FN3O4S/c1-14(25(30(5,28)29)18-13-9-7-11-16(18)22)19(26)23-17-12-8-6-10-15(17)20(27)24-21(2,3)4/h6-14H,1-5H3,(H,23,26)(H,24,27)/t14-/m1/s1. The van der Waals surface area contributed by atoms with Crippen molar-refractivity contribution < 1.29 is 22.4 Å². The van der Waals surface area contributed by atoms with Crippen molar-refractivity contribution in [1.29, 1.82) is 0 Å². The van der Waals surface area contributed by atoms with Gasteiger partial charge in [0.15, 0.2) is 0 Å². The molecular formula is C21H26FN3O4S. The van der Waals surface area contributed by atoms with Crippen LogP contribution in [0.25, 0.3) is 0 Å². The van der Waals surface area contributed by atoms with Gasteiger partial charge in [0, 0.05) is 5.54 Å². The molecule has 0 saturated carbocycles. The second-order valence-corrected chi connectivity index (χ2v) is 9.78. The lowest BCUT2D eigenvalue weighted by Crippen LogP contribution is -2.46. The zero-order chi connectivity index (χ0) is 22.7. The molecule has 0 aliphatic heterocycles. The molecule has 0 aromatic heterocycles. The lowest BCUT2D eigenvalue weighted by Gasteiger charge is -2.28. The molecule has 1 atom stereocenters. The number of sulfonamides is 1. The molecule has 0 fully saturated rings. The van der Waals surface area contributed by atoms with Crippen molar-refractivity contribution in [2.45, 2.75) is 39.3 Å². The van der Waals surface area contributed by atoms with Crippen molar-refractivity contribution in [2.24, 2.45) is 0 Å². The number of para-hydroxylation sites is 2. The quantitative estimate of drug-likeness (QED) is 0.729. The van der Waals surface area contributed by atoms with Gasteiger partial charge in [0.1, 0.15) is 11.9 Å². The number of nitrogens with zero attached hydrogens (tertiary/aromatic N) is 1. The van der Waals surface area contributed by atoms with Crippen LogP contribution in [0.1, 0.15) is 38.1 Å². The first kappa shape index (κ1) is 23.3. The molecule has 7 nitrogen and oxygen atoms in total. The summed E-state index contributed by atoms with van der Waals surface area (Å²) < 4.78 is 39.6. The van der Waals surface area contributed by atoms with Crippen LogP contribution in [0.2, 0.25) is 0 Å². The molecule has 0 spiro atoms. The van der Waals surface area contributed by atoms with Crippen LogP contribution in [0.3, 0.4) is 0 Å². The minimum Gasteiger partial charge on any atom is -0.347 e. The van der Waals surface area contributed by atoms with Gasteiger partial charge in [-0.25, -0.2) is 12.8 Å². The van der Waals surface area contributed by atoms with E-state index in [1.807, 2.05) is 20.8 Å². The lowest BCUT2D eigenvalue weighted by molar-refractivity contribution is -0.116. The van der Waals surface area contributed by atoms with Gasteiger partial charge in [-0.3, -0.25) is 13.9 Å². The Balaban J connectivity index is 2.35. The van der Waals surface area contributed by atoms with E-state index in [-0.39, 0.29) is 22.8 Å². The van der Waals surface area contributed by atoms with Crippen LogP contribution in [0.5, 0.6) is 0 Å². The maximum Gasteiger partial charge on any atom is 0.253 e. The summed E-state index contributed by atoms with van der Waals surface area (Å²) in [6, 6.07) is 10.4. The number of nitrogens with one attached hydrogen (secondary N) is 2. The van der Waals surface area contributed by atoms with Crippen LogP contribution in [0, 0.1) is 5.82 Å². The number of amides is 2. The summed E-state index contributed by atoms with van der Waals surface area (Å²) in [5, 5.41) is 5.40. The molecule has 2 N–H and O–H groups in total. The van der Waals surface area contributed by atoms with E-state index in [1.54, 1.807) is 18.2 Å². The Labute approximate surface area is 176 Å². The zero-order valence-electron chi connectivity index (χ0n) is 17.6. The first-order valence-corrected chi connectivity index (χ1v) is 11.1. The van der Waals surface area contributed by atoms with Crippen LogP contribution in [-0.4, -0.2) is 38.1 Å². The fourth-order valence-electron chi connectivity index (χ4n) is 2.85. The first-order valence-electron chi connectivity index (χ1n) is 9.27. The van der Waals surface area contributed by atoms with Crippen LogP contribution in [0.4, 0.5) is 15.8 Å². The number of hydrogen-bond donors (Lipinski definition) is 2. The van der Waals surface area contributed by atoms with E-state index in [0.29, 0.717) is 0 Å². The van der Waals surface area contributed by atoms with Crippen LogP contribution in [0.15, 0.2) is 48.5 Å². The van der Waals surface area contributed by atoms with E-state index in [2.05, 4.69) is 10.6 Å². The van der Waals surface area contributed by atoms with Gasteiger partial charge in [0.2, 0.25) is 15.9 Å². The van der Waals surface area contributed by atoms with Gasteiger partial charge in [0.05, 0.1) is 23.2 Å². The zero-order valence-corrected chi connectivity index (χ0v) is 18.4. The van der Waals surface area contributed by atoms with Crippen molar-refractivity contribution >= 4 is 33.2 Å². The predicted molar refractivity (Wildman–Crippen MR) is 115 cm³/mol. The molecular weight excluding hydrogens is 409 g/mol. The molecule has 0 heterocycles. The van der Waals surface area contributed by atoms with E-state index in [9.17, 15) is 22.4 Å². The summed E-state index contributed by atoms with van der Waals surface area (Å²) in [6.07, 6.45) is 0.897. The summed E-state index contributed by atoms with van der Waals surface area (Å²) >= 11 is 0. The van der Waals surface area contributed by atoms with E-state index < -0.39 is 33.3 Å². The number of hydrogen-bond acceptors (Lipinski definition) is 4. The van der Waals surface area contributed by atoms with Gasteiger partial charge in [0.25, 0.3) is 5.91 Å². The average Bonchev–Trinajstić information content (AvgIpc) is 2.61. The van der Waals surface area contributed by atoms with Crippen molar-refractivity contribution in [3.63, 3.8) is 0 Å². The number of carbonyl (C=O) groups is 2. The van der Waals surface area contributed by atoms with Gasteiger partial charge in [-0.2, -0.15) is 0 Å². The molecule has 0 saturated heterocycles. The number of benzene rings is 2. The second-order valence-electron chi connectivity index (χ2n) is 7.93. The highest BCUT2D eigenvalue weighted by Gasteiger charge is 2.31. The molecule has 0 radical (unpaired) electrons. The van der Waals surface area contributed by atoms with Crippen LogP contribution >= 0.6 is 0 Å². The molecule has 2 aromatic carbocycles. The molecule has 2 rings (SSSR count). The SMILES string of the molecule is C[C@H](C(=O)Nc1ccccc1C(=O)NC(C)(C)C)N(c1ccccc1F)S(C)(=O)=O. The molecule has 162 valence electrons. The van der Waals surface area contributed by atoms with Crippen molar-refractivity contribution in [2.75, 3.05) is 15.9 Å². The maximum atomic E-state index is 14.3. The predicted octanol–water partition coefficient (Wildman–Crippen LogP) is 3.15. The Hall–Kier alpha value is -2.94. The molecule has 9 heteroatoms. The Morgan fingerprint density at radius 2 is 1.60 bits per heavy atom. The fraction of sp³-hybridized carbons (Fsp3) is 0.333. The highest BCUT2D eigenvalue weighted by molar-refractivity contribution is 7.92. The second kappa shape index (κ2) is 8.83. The van der Waals surface area contributed by atoms with Gasteiger partial charge in [-0.05, 0) is 52.0 Å². The molecule has 30 heavy (non-hydrogen) atoms. The van der Waals surface area contributed by atoms with Crippen LogP contribution in [-0.2, 0) is 14.8 Å². The Morgan fingerprint density at radius 1 is 1.03 bits per heavy atom. The molecule has 0 aliphatic rings. The highest BCUT2D eigenvalue weighted by Crippen LogP contribution is 2.25. The maximum absolute atomic E-state index is 14.3. The topological polar surface area (TPSA) is 95.6 Å². The molecule has 0 bridgehead atoms. The first-order chi connectivity index (χ1) is 13.8. The van der Waals surface area contributed by atoms with Crippen molar-refractivity contribution in [3.05, 3.63) is 59.9 Å². The highest BCUT2D eigenvalue weighted by atomic mass is 32.2. The smallest absolute Gasteiger partial charge is 0.253 e. The number of carbonyl (C=O) groups excluding carboxylic acids is 2. The third-order valence-corrected chi connectivity index (χ3v) is 5.32. The normalized spacial score (nSPS) is 12.7. The summed E-state index contributed by atoms with van der Waals surface area (Å²) in [7, 11) is -3.97. The third kappa shape index (κ3) is 5.79. The minimum absolute atomic E-state index is 0.220. The Bertz CT molecular complexity index is 1050. The van der Waals surface area contributed by atoms with Gasteiger partial charge in [-0.1, -0.05) is 24.3 Å². The molecule has 0 unspecified atom stereocenters. The fourth-order valence-corrected chi connectivity index (χ4v) is 4.02. The number of halogens is 1. The van der Waals surface area contributed by atoms with E-state index in [4.69, 9.17) is 0 Å². The average molecular weight is 436 g/mol. The van der Waals surface area contributed by atoms with E-state index in [1.165, 1.54) is 31.2 Å². The minimum atomic E-state index is -3.97.